The van der Waals surface area contributed by atoms with Gasteiger partial charge in [-0.25, -0.2) is 0 Å². The van der Waals surface area contributed by atoms with Gasteiger partial charge in [-0.15, -0.1) is 0 Å². The summed E-state index contributed by atoms with van der Waals surface area (Å²) in [6.45, 7) is 4.88. The molecule has 0 saturated heterocycles. The van der Waals surface area contributed by atoms with Crippen LogP contribution in [0.1, 0.15) is 25.5 Å². The highest BCUT2D eigenvalue weighted by molar-refractivity contribution is 7.84. The predicted molar refractivity (Wildman–Crippen MR) is 67.8 cm³/mol. The summed E-state index contributed by atoms with van der Waals surface area (Å²) in [6.07, 6.45) is 5.65. The standard InChI is InChI=1S/C11H21N3OS/c1-3-8-14-11(5-7-13-14)10-12-6-4-9-16(2)15/h5,7,12H,3-4,6,8-10H2,1-2H3. The number of aryl methyl sites for hydroxylation is 1. The molecule has 0 aromatic carbocycles. The number of hydrogen-bond acceptors (Lipinski definition) is 3. The second kappa shape index (κ2) is 7.57. The van der Waals surface area contributed by atoms with Crippen LogP contribution < -0.4 is 5.32 Å². The Balaban J connectivity index is 2.21. The van der Waals surface area contributed by atoms with Crippen molar-refractivity contribution in [2.24, 2.45) is 0 Å². The number of aromatic nitrogens is 2. The van der Waals surface area contributed by atoms with Crippen molar-refractivity contribution in [3.8, 4) is 0 Å². The molecule has 0 aliphatic heterocycles. The molecular formula is C11H21N3OS. The minimum absolute atomic E-state index is 0.671. The Bertz CT molecular complexity index is 325. The first kappa shape index (κ1) is 13.4. The molecule has 1 atom stereocenters. The van der Waals surface area contributed by atoms with E-state index in [1.807, 2.05) is 16.9 Å². The van der Waals surface area contributed by atoms with Gasteiger partial charge in [-0.2, -0.15) is 5.10 Å². The van der Waals surface area contributed by atoms with Gasteiger partial charge < -0.3 is 5.32 Å². The second-order valence-corrected chi connectivity index (χ2v) is 5.41. The van der Waals surface area contributed by atoms with E-state index in [0.29, 0.717) is 0 Å². The third kappa shape index (κ3) is 4.90. The van der Waals surface area contributed by atoms with Gasteiger partial charge in [-0.1, -0.05) is 6.92 Å². The van der Waals surface area contributed by atoms with E-state index in [4.69, 9.17) is 0 Å². The topological polar surface area (TPSA) is 46.9 Å². The normalized spacial score (nSPS) is 12.9. The molecule has 1 unspecified atom stereocenters. The van der Waals surface area contributed by atoms with Gasteiger partial charge in [0.15, 0.2) is 0 Å². The van der Waals surface area contributed by atoms with Crippen molar-refractivity contribution in [2.45, 2.75) is 32.9 Å². The Morgan fingerprint density at radius 2 is 2.38 bits per heavy atom. The molecular weight excluding hydrogens is 222 g/mol. The zero-order valence-electron chi connectivity index (χ0n) is 10.1. The van der Waals surface area contributed by atoms with Crippen LogP contribution in [-0.4, -0.2) is 32.5 Å². The average Bonchev–Trinajstić information content (AvgIpc) is 2.65. The highest BCUT2D eigenvalue weighted by Crippen LogP contribution is 1.99. The van der Waals surface area contributed by atoms with Crippen molar-refractivity contribution in [1.29, 1.82) is 0 Å². The molecule has 0 saturated carbocycles. The summed E-state index contributed by atoms with van der Waals surface area (Å²) in [7, 11) is -0.671. The minimum atomic E-state index is -0.671. The van der Waals surface area contributed by atoms with Crippen LogP contribution in [0.4, 0.5) is 0 Å². The quantitative estimate of drug-likeness (QED) is 0.697. The van der Waals surface area contributed by atoms with Gasteiger partial charge in [-0.3, -0.25) is 8.89 Å². The number of rotatable bonds is 8. The fraction of sp³-hybridized carbons (Fsp3) is 0.727. The van der Waals surface area contributed by atoms with Gasteiger partial charge in [0.2, 0.25) is 0 Å². The Morgan fingerprint density at radius 3 is 3.06 bits per heavy atom. The van der Waals surface area contributed by atoms with E-state index in [2.05, 4.69) is 17.3 Å². The Kier molecular flexibility index (Phi) is 6.33. The van der Waals surface area contributed by atoms with E-state index in [-0.39, 0.29) is 0 Å². The van der Waals surface area contributed by atoms with E-state index in [9.17, 15) is 4.21 Å². The molecule has 1 heterocycles. The molecule has 5 heteroatoms. The van der Waals surface area contributed by atoms with Crippen molar-refractivity contribution in [1.82, 2.24) is 15.1 Å². The maximum atomic E-state index is 10.8. The highest BCUT2D eigenvalue weighted by Gasteiger charge is 2.00. The summed E-state index contributed by atoms with van der Waals surface area (Å²) in [5.41, 5.74) is 1.22. The fourth-order valence-corrected chi connectivity index (χ4v) is 2.09. The molecule has 0 radical (unpaired) electrons. The molecule has 0 spiro atoms. The zero-order chi connectivity index (χ0) is 11.8. The van der Waals surface area contributed by atoms with Crippen LogP contribution in [0.2, 0.25) is 0 Å². The van der Waals surface area contributed by atoms with Crippen LogP contribution in [0, 0.1) is 0 Å². The van der Waals surface area contributed by atoms with Gasteiger partial charge in [0, 0.05) is 42.1 Å². The maximum absolute atomic E-state index is 10.8. The Hall–Kier alpha value is -0.680. The maximum Gasteiger partial charge on any atom is 0.0522 e. The van der Waals surface area contributed by atoms with E-state index in [1.54, 1.807) is 6.26 Å². The van der Waals surface area contributed by atoms with E-state index in [0.717, 1.165) is 38.2 Å². The lowest BCUT2D eigenvalue weighted by Crippen LogP contribution is -2.19. The molecule has 0 amide bonds. The number of nitrogens with one attached hydrogen (secondary N) is 1. The van der Waals surface area contributed by atoms with E-state index in [1.165, 1.54) is 5.69 Å². The monoisotopic (exact) mass is 243 g/mol. The lowest BCUT2D eigenvalue weighted by atomic mass is 10.4. The number of nitrogens with zero attached hydrogens (tertiary/aromatic N) is 2. The number of hydrogen-bond donors (Lipinski definition) is 1. The van der Waals surface area contributed by atoms with Crippen LogP contribution in [0.15, 0.2) is 12.3 Å². The van der Waals surface area contributed by atoms with Gasteiger partial charge in [0.1, 0.15) is 0 Å². The third-order valence-corrected chi connectivity index (χ3v) is 3.19. The van der Waals surface area contributed by atoms with Gasteiger partial charge in [-0.05, 0) is 25.5 Å². The average molecular weight is 243 g/mol. The molecule has 0 fully saturated rings. The van der Waals surface area contributed by atoms with Gasteiger partial charge in [0.05, 0.1) is 5.69 Å². The zero-order valence-corrected chi connectivity index (χ0v) is 10.9. The van der Waals surface area contributed by atoms with E-state index >= 15 is 0 Å². The molecule has 0 bridgehead atoms. The highest BCUT2D eigenvalue weighted by atomic mass is 32.2. The Labute approximate surface area is 99.9 Å². The SMILES string of the molecule is CCCn1nccc1CNCCCS(C)=O. The van der Waals surface area contributed by atoms with Crippen LogP contribution in [0.3, 0.4) is 0 Å². The smallest absolute Gasteiger partial charge is 0.0522 e. The Morgan fingerprint density at radius 1 is 1.56 bits per heavy atom. The van der Waals surface area contributed by atoms with E-state index < -0.39 is 10.8 Å². The first-order chi connectivity index (χ1) is 7.74. The first-order valence-electron chi connectivity index (χ1n) is 5.75. The summed E-state index contributed by atoms with van der Waals surface area (Å²) in [5.74, 6) is 0.779. The summed E-state index contributed by atoms with van der Waals surface area (Å²) in [6, 6.07) is 2.04. The van der Waals surface area contributed by atoms with Crippen molar-refractivity contribution < 1.29 is 4.21 Å². The third-order valence-electron chi connectivity index (χ3n) is 2.33. The summed E-state index contributed by atoms with van der Waals surface area (Å²) >= 11 is 0. The van der Waals surface area contributed by atoms with Crippen molar-refractivity contribution in [2.75, 3.05) is 18.6 Å². The molecule has 1 aromatic rings. The first-order valence-corrected chi connectivity index (χ1v) is 7.48. The summed E-state index contributed by atoms with van der Waals surface area (Å²) in [5, 5.41) is 7.61. The molecule has 1 aromatic heterocycles. The van der Waals surface area contributed by atoms with Crippen molar-refractivity contribution in [3.63, 3.8) is 0 Å². The van der Waals surface area contributed by atoms with Crippen LogP contribution >= 0.6 is 0 Å². The molecule has 0 aliphatic rings. The van der Waals surface area contributed by atoms with Crippen molar-refractivity contribution >= 4 is 10.8 Å². The molecule has 92 valence electrons. The second-order valence-electron chi connectivity index (χ2n) is 3.85. The molecule has 16 heavy (non-hydrogen) atoms. The van der Waals surface area contributed by atoms with Crippen LogP contribution in [0.25, 0.3) is 0 Å². The largest absolute Gasteiger partial charge is 0.311 e. The summed E-state index contributed by atoms with van der Waals surface area (Å²) in [4.78, 5) is 0. The fourth-order valence-electron chi connectivity index (χ4n) is 1.54. The lowest BCUT2D eigenvalue weighted by molar-refractivity contribution is 0.549. The van der Waals surface area contributed by atoms with Crippen LogP contribution in [-0.2, 0) is 23.9 Å². The van der Waals surface area contributed by atoms with Gasteiger partial charge >= 0.3 is 0 Å². The predicted octanol–water partition coefficient (Wildman–Crippen LogP) is 1.15. The van der Waals surface area contributed by atoms with Crippen molar-refractivity contribution in [3.05, 3.63) is 18.0 Å². The van der Waals surface area contributed by atoms with Gasteiger partial charge in [0.25, 0.3) is 0 Å². The lowest BCUT2D eigenvalue weighted by Gasteiger charge is -2.07. The molecule has 1 rings (SSSR count). The molecule has 1 N–H and O–H groups in total. The van der Waals surface area contributed by atoms with Crippen LogP contribution in [0.5, 0.6) is 0 Å². The molecule has 4 nitrogen and oxygen atoms in total. The minimum Gasteiger partial charge on any atom is -0.311 e. The summed E-state index contributed by atoms with van der Waals surface area (Å²) < 4.78 is 12.9. The molecule has 0 aliphatic carbocycles.